The van der Waals surface area contributed by atoms with Crippen molar-refractivity contribution in [2.75, 3.05) is 39.6 Å². The van der Waals surface area contributed by atoms with Gasteiger partial charge in [-0.1, -0.05) is 461 Å². The maximum absolute atomic E-state index is 13.2. The molecule has 0 rings (SSSR count). The van der Waals surface area contributed by atoms with Crippen LogP contribution in [0, 0.1) is 0 Å². The van der Waals surface area contributed by atoms with Crippen LogP contribution in [0.1, 0.15) is 470 Å². The molecule has 0 heterocycles. The van der Waals surface area contributed by atoms with Crippen LogP contribution >= 0.6 is 15.6 Å². The van der Waals surface area contributed by atoms with Crippen LogP contribution in [-0.4, -0.2) is 95.9 Å². The molecule has 0 aliphatic carbocycles. The molecular weight excluding hydrogens is 1680 g/mol. The molecule has 0 aromatic heterocycles. The van der Waals surface area contributed by atoms with Crippen molar-refractivity contribution in [3.05, 3.63) is 170 Å². The summed E-state index contributed by atoms with van der Waals surface area (Å²) in [5, 5.41) is 20.8. The van der Waals surface area contributed by atoms with E-state index in [1.54, 1.807) is 0 Å². The van der Waals surface area contributed by atoms with Gasteiger partial charge in [-0.05, 0) is 161 Å². The van der Waals surface area contributed by atoms with E-state index < -0.39 is 91.5 Å². The number of hydrogen-bond donors (Lipinski definition) is 4. The van der Waals surface area contributed by atoms with Crippen LogP contribution in [0.5, 0.6) is 0 Å². The smallest absolute Gasteiger partial charge is 0.463 e. The number of phosphoric ester groups is 2. The summed E-state index contributed by atoms with van der Waals surface area (Å²) >= 11 is 0. The average Bonchev–Trinajstić information content (AvgIpc) is 0.896. The molecule has 0 saturated carbocycles. The molecule has 5 atom stereocenters. The second-order valence-corrected chi connectivity index (χ2v) is 38.6. The van der Waals surface area contributed by atoms with E-state index in [4.69, 9.17) is 32.3 Å². The first-order valence-electron chi connectivity index (χ1n) is 53.4. The third-order valence-corrected chi connectivity index (χ3v) is 24.8. The Bertz CT molecular complexity index is 3060. The van der Waals surface area contributed by atoms with E-state index in [9.17, 15) is 43.5 Å². The standard InChI is InChI=1S/C113H196O16P2/c1-4-7-10-13-16-19-22-25-28-31-34-37-40-43-46-49-52-53-56-58-60-63-66-69-72-75-78-81-84-87-90-93-96-99-111(116)123-102-108(114)103-125-130(119,120)126-104-109(115)105-127-131(121,122)128-107-110(129-113(118)101-98-95-92-89-86-83-80-77-74-71-68-65-62-59-55-51-48-45-42-39-36-33-30-27-24-21-18-15-12-9-6-3)106-124-112(117)100-97-94-91-88-85-82-79-76-73-70-67-64-61-57-54-50-47-44-41-38-35-32-29-26-23-20-17-14-11-8-5-2/h8,11,16-21,25-30,34-39,43-48,54,57,108-110,114-115H,4-7,9-10,12-15,22-24,31-33,40-42,49-53,55-56,58-107H2,1-3H3,(H,119,120)(H,121,122)/b11-8-,19-16-,20-17-,21-18-,28-25-,29-26-,30-27-,37-34-,38-35-,39-36-,46-43-,47-44-,48-45-,57-54-. The highest BCUT2D eigenvalue weighted by molar-refractivity contribution is 7.47. The highest BCUT2D eigenvalue weighted by Gasteiger charge is 2.30. The van der Waals surface area contributed by atoms with Gasteiger partial charge in [0.2, 0.25) is 0 Å². The zero-order chi connectivity index (χ0) is 95.0. The van der Waals surface area contributed by atoms with Gasteiger partial charge >= 0.3 is 33.6 Å². The molecule has 16 nitrogen and oxygen atoms in total. The highest BCUT2D eigenvalue weighted by Crippen LogP contribution is 2.45. The molecule has 4 N–H and O–H groups in total. The largest absolute Gasteiger partial charge is 0.472 e. The van der Waals surface area contributed by atoms with Crippen molar-refractivity contribution in [2.24, 2.45) is 0 Å². The first kappa shape index (κ1) is 126. The second kappa shape index (κ2) is 104. The molecular formula is C113H196O16P2. The molecule has 0 aromatic carbocycles. The Balaban J connectivity index is 4.62. The molecule has 0 radical (unpaired) electrons. The summed E-state index contributed by atoms with van der Waals surface area (Å²) in [7, 11) is -9.82. The van der Waals surface area contributed by atoms with E-state index in [-0.39, 0.29) is 19.3 Å². The predicted molar refractivity (Wildman–Crippen MR) is 555 cm³/mol. The van der Waals surface area contributed by atoms with Crippen LogP contribution in [0.4, 0.5) is 0 Å². The maximum Gasteiger partial charge on any atom is 0.472 e. The quantitative estimate of drug-likeness (QED) is 0.0146. The SMILES string of the molecule is CC/C=C\C/C=C\C/C=C\C/C=C\C/C=C\C/C=C\CCCCCCCCCCCCCCC(=O)OCC(COP(=O)(O)OCC(O)COP(=O)(O)OCC(O)COC(=O)CCCCCCCCCCCCCCCCCCC/C=C\C/C=C\C/C=C\C/C=C\CCCCC)OC(=O)CCCCCCCCCCCCCCCCC/C=C\C/C=C\C/C=C\C/C=C\CCCCC. The number of phosphoric acid groups is 2. The van der Waals surface area contributed by atoms with Crippen molar-refractivity contribution < 1.29 is 75.8 Å². The number of aliphatic hydroxyl groups is 2. The molecule has 0 aliphatic heterocycles. The molecule has 0 spiro atoms. The third-order valence-electron chi connectivity index (χ3n) is 22.9. The summed E-state index contributed by atoms with van der Waals surface area (Å²) in [5.41, 5.74) is 0. The molecule has 131 heavy (non-hydrogen) atoms. The maximum atomic E-state index is 13.2. The van der Waals surface area contributed by atoms with Gasteiger partial charge in [-0.2, -0.15) is 0 Å². The van der Waals surface area contributed by atoms with Crippen LogP contribution in [0.25, 0.3) is 0 Å². The lowest BCUT2D eigenvalue weighted by Gasteiger charge is -2.21. The minimum atomic E-state index is -4.95. The highest BCUT2D eigenvalue weighted by atomic mass is 31.2. The fraction of sp³-hybridized carbons (Fsp3) is 0.726. The topological polar surface area (TPSA) is 231 Å². The van der Waals surface area contributed by atoms with E-state index in [2.05, 4.69) is 191 Å². The number of carbonyl (C=O) groups is 3. The number of carbonyl (C=O) groups excluding carboxylic acids is 3. The van der Waals surface area contributed by atoms with E-state index in [1.165, 1.54) is 257 Å². The molecule has 0 amide bonds. The van der Waals surface area contributed by atoms with E-state index >= 15 is 0 Å². The molecule has 5 unspecified atom stereocenters. The van der Waals surface area contributed by atoms with Crippen molar-refractivity contribution in [1.82, 2.24) is 0 Å². The van der Waals surface area contributed by atoms with Crippen LogP contribution in [0.2, 0.25) is 0 Å². The van der Waals surface area contributed by atoms with Crippen molar-refractivity contribution >= 4 is 33.6 Å². The minimum Gasteiger partial charge on any atom is -0.463 e. The van der Waals surface area contributed by atoms with Crippen LogP contribution in [0.15, 0.2) is 170 Å². The van der Waals surface area contributed by atoms with Gasteiger partial charge in [0.05, 0.1) is 26.4 Å². The van der Waals surface area contributed by atoms with Gasteiger partial charge in [0.25, 0.3) is 0 Å². The van der Waals surface area contributed by atoms with Crippen LogP contribution in [-0.2, 0) is 55.8 Å². The predicted octanol–water partition coefficient (Wildman–Crippen LogP) is 34.1. The van der Waals surface area contributed by atoms with Gasteiger partial charge in [0.1, 0.15) is 25.4 Å². The number of aliphatic hydroxyl groups excluding tert-OH is 2. The Morgan fingerprint density at radius 1 is 0.221 bits per heavy atom. The second-order valence-electron chi connectivity index (χ2n) is 35.7. The number of allylic oxidation sites excluding steroid dienone is 28. The van der Waals surface area contributed by atoms with Crippen LogP contribution < -0.4 is 0 Å². The molecule has 18 heteroatoms. The molecule has 0 saturated heterocycles. The Hall–Kier alpha value is -5.09. The van der Waals surface area contributed by atoms with Gasteiger partial charge in [0.15, 0.2) is 6.10 Å². The molecule has 0 aromatic rings. The summed E-state index contributed by atoms with van der Waals surface area (Å²) in [4.78, 5) is 59.3. The Morgan fingerprint density at radius 2 is 0.405 bits per heavy atom. The number of ether oxygens (including phenoxy) is 3. The average molecular weight is 1870 g/mol. The van der Waals surface area contributed by atoms with Gasteiger partial charge in [-0.3, -0.25) is 32.5 Å². The Kier molecular flexibility index (Phi) is 99.8. The summed E-state index contributed by atoms with van der Waals surface area (Å²) in [6.45, 7) is 2.60. The first-order chi connectivity index (χ1) is 64.2. The fourth-order valence-electron chi connectivity index (χ4n) is 14.8. The van der Waals surface area contributed by atoms with Gasteiger partial charge in [0, 0.05) is 19.3 Å². The lowest BCUT2D eigenvalue weighted by Crippen LogP contribution is -2.30. The van der Waals surface area contributed by atoms with E-state index in [0.29, 0.717) is 19.3 Å². The molecule has 0 aliphatic rings. The third kappa shape index (κ3) is 105. The first-order valence-corrected chi connectivity index (χ1v) is 56.4. The molecule has 0 fully saturated rings. The summed E-state index contributed by atoms with van der Waals surface area (Å²) in [6.07, 6.45) is 137. The number of esters is 3. The van der Waals surface area contributed by atoms with E-state index in [0.717, 1.165) is 154 Å². The monoisotopic (exact) mass is 1870 g/mol. The van der Waals surface area contributed by atoms with Crippen molar-refractivity contribution in [2.45, 2.75) is 489 Å². The summed E-state index contributed by atoms with van der Waals surface area (Å²) in [5.74, 6) is -1.56. The van der Waals surface area contributed by atoms with Gasteiger partial charge < -0.3 is 34.2 Å². The van der Waals surface area contributed by atoms with Crippen LogP contribution in [0.3, 0.4) is 0 Å². The molecule has 0 bridgehead atoms. The minimum absolute atomic E-state index is 0.101. The molecule has 754 valence electrons. The lowest BCUT2D eigenvalue weighted by molar-refractivity contribution is -0.161. The van der Waals surface area contributed by atoms with Gasteiger partial charge in [-0.25, -0.2) is 9.13 Å². The summed E-state index contributed by atoms with van der Waals surface area (Å²) in [6, 6.07) is 0. The lowest BCUT2D eigenvalue weighted by atomic mass is 10.0. The fourth-order valence-corrected chi connectivity index (χ4v) is 16.4. The van der Waals surface area contributed by atoms with Crippen molar-refractivity contribution in [1.29, 1.82) is 0 Å². The Morgan fingerprint density at radius 3 is 0.641 bits per heavy atom. The van der Waals surface area contributed by atoms with Crippen molar-refractivity contribution in [3.63, 3.8) is 0 Å². The zero-order valence-electron chi connectivity index (χ0n) is 83.7. The van der Waals surface area contributed by atoms with Crippen molar-refractivity contribution in [3.8, 4) is 0 Å². The number of unbranched alkanes of at least 4 members (excludes halogenated alkanes) is 50. The number of rotatable bonds is 101. The Labute approximate surface area is 803 Å². The zero-order valence-corrected chi connectivity index (χ0v) is 85.5. The van der Waals surface area contributed by atoms with E-state index in [1.807, 2.05) is 0 Å². The number of hydrogen-bond acceptors (Lipinski definition) is 14. The summed E-state index contributed by atoms with van der Waals surface area (Å²) < 4.78 is 61.8. The normalized spacial score (nSPS) is 14.3. The van der Waals surface area contributed by atoms with Gasteiger partial charge in [-0.15, -0.1) is 0 Å².